The van der Waals surface area contributed by atoms with Gasteiger partial charge in [-0.2, -0.15) is 5.10 Å². The third-order valence-electron chi connectivity index (χ3n) is 3.18. The van der Waals surface area contributed by atoms with Crippen molar-refractivity contribution < 1.29 is 19.1 Å². The number of alkyl carbamates (subject to hydrolysis) is 1. The highest BCUT2D eigenvalue weighted by molar-refractivity contribution is 5.87. The molecule has 0 bridgehead atoms. The molecule has 1 N–H and O–H groups in total. The second-order valence-corrected chi connectivity index (χ2v) is 6.16. The number of aryl methyl sites for hydroxylation is 1. The Bertz CT molecular complexity index is 559. The van der Waals surface area contributed by atoms with Crippen LogP contribution < -0.4 is 5.32 Å². The first-order chi connectivity index (χ1) is 9.71. The van der Waals surface area contributed by atoms with Crippen molar-refractivity contribution in [3.8, 4) is 0 Å². The van der Waals surface area contributed by atoms with Gasteiger partial charge < -0.3 is 14.8 Å². The Morgan fingerprint density at radius 2 is 2.10 bits per heavy atom. The summed E-state index contributed by atoms with van der Waals surface area (Å²) in [4.78, 5) is 23.2. The molecule has 21 heavy (non-hydrogen) atoms. The van der Waals surface area contributed by atoms with E-state index in [2.05, 4.69) is 15.2 Å². The van der Waals surface area contributed by atoms with E-state index in [-0.39, 0.29) is 17.7 Å². The van der Waals surface area contributed by atoms with Crippen molar-refractivity contribution in [3.63, 3.8) is 0 Å². The minimum atomic E-state index is -0.515. The molecule has 1 saturated carbocycles. The molecule has 0 spiro atoms. The molecule has 0 aliphatic heterocycles. The molecule has 2 rings (SSSR count). The highest BCUT2D eigenvalue weighted by Crippen LogP contribution is 2.41. The third-order valence-corrected chi connectivity index (χ3v) is 3.18. The van der Waals surface area contributed by atoms with E-state index in [1.54, 1.807) is 17.8 Å². The Balaban J connectivity index is 1.96. The van der Waals surface area contributed by atoms with Gasteiger partial charge in [0.15, 0.2) is 5.69 Å². The number of amides is 1. The number of aromatic nitrogens is 2. The van der Waals surface area contributed by atoms with Crippen LogP contribution in [0.2, 0.25) is 0 Å². The smallest absolute Gasteiger partial charge is 0.407 e. The molecule has 1 aliphatic carbocycles. The number of carbonyl (C=O) groups is 2. The van der Waals surface area contributed by atoms with Crippen LogP contribution in [0.5, 0.6) is 0 Å². The molecule has 1 heterocycles. The summed E-state index contributed by atoms with van der Waals surface area (Å²) in [5.41, 5.74) is 0.661. The average Bonchev–Trinajstić information content (AvgIpc) is 2.98. The number of nitrogens with zero attached hydrogens (tertiary/aromatic N) is 2. The van der Waals surface area contributed by atoms with E-state index < -0.39 is 17.7 Å². The van der Waals surface area contributed by atoms with Gasteiger partial charge in [-0.25, -0.2) is 9.59 Å². The molecule has 2 atom stereocenters. The largest absolute Gasteiger partial charge is 0.464 e. The highest BCUT2D eigenvalue weighted by atomic mass is 16.6. The van der Waals surface area contributed by atoms with Crippen LogP contribution in [0, 0.1) is 0 Å². The fourth-order valence-electron chi connectivity index (χ4n) is 2.17. The third kappa shape index (κ3) is 3.74. The van der Waals surface area contributed by atoms with Crippen LogP contribution in [-0.4, -0.2) is 40.6 Å². The second-order valence-electron chi connectivity index (χ2n) is 6.16. The first kappa shape index (κ1) is 15.3. The molecule has 0 aromatic carbocycles. The minimum absolute atomic E-state index is 0.0146. The van der Waals surface area contributed by atoms with Crippen LogP contribution in [0.3, 0.4) is 0 Å². The van der Waals surface area contributed by atoms with Crippen molar-refractivity contribution in [2.75, 3.05) is 7.11 Å². The van der Waals surface area contributed by atoms with Gasteiger partial charge in [-0.1, -0.05) is 0 Å². The monoisotopic (exact) mass is 295 g/mol. The number of esters is 1. The molecular formula is C14H21N3O4. The quantitative estimate of drug-likeness (QED) is 0.856. The predicted octanol–water partition coefficient (Wildman–Crippen LogP) is 1.59. The lowest BCUT2D eigenvalue weighted by atomic mass is 10.2. The van der Waals surface area contributed by atoms with Crippen molar-refractivity contribution in [3.05, 3.63) is 17.5 Å². The Morgan fingerprint density at radius 1 is 1.43 bits per heavy atom. The molecule has 116 valence electrons. The second kappa shape index (κ2) is 5.38. The number of rotatable bonds is 3. The zero-order chi connectivity index (χ0) is 15.8. The van der Waals surface area contributed by atoms with E-state index in [0.717, 1.165) is 12.1 Å². The van der Waals surface area contributed by atoms with E-state index >= 15 is 0 Å². The minimum Gasteiger partial charge on any atom is -0.464 e. The Hall–Kier alpha value is -2.05. The Kier molecular flexibility index (Phi) is 3.93. The molecule has 7 nitrogen and oxygen atoms in total. The molecule has 0 saturated heterocycles. The summed E-state index contributed by atoms with van der Waals surface area (Å²) >= 11 is 0. The molecule has 1 aliphatic rings. The average molecular weight is 295 g/mol. The zero-order valence-electron chi connectivity index (χ0n) is 13.0. The lowest BCUT2D eigenvalue weighted by molar-refractivity contribution is 0.0521. The summed E-state index contributed by atoms with van der Waals surface area (Å²) in [6.07, 6.45) is 0.379. The van der Waals surface area contributed by atoms with E-state index in [4.69, 9.17) is 4.74 Å². The van der Waals surface area contributed by atoms with Crippen LogP contribution in [0.15, 0.2) is 6.07 Å². The van der Waals surface area contributed by atoms with Gasteiger partial charge in [0.1, 0.15) is 5.60 Å². The van der Waals surface area contributed by atoms with Gasteiger partial charge in [0.05, 0.1) is 7.11 Å². The summed E-state index contributed by atoms with van der Waals surface area (Å²) in [5, 5.41) is 6.93. The van der Waals surface area contributed by atoms with Gasteiger partial charge in [0, 0.05) is 24.7 Å². The summed E-state index contributed by atoms with van der Waals surface area (Å²) in [5.74, 6) is -0.317. The van der Waals surface area contributed by atoms with Gasteiger partial charge in [-0.05, 0) is 33.3 Å². The zero-order valence-corrected chi connectivity index (χ0v) is 13.0. The van der Waals surface area contributed by atoms with E-state index in [1.807, 2.05) is 20.8 Å². The van der Waals surface area contributed by atoms with Gasteiger partial charge in [-0.15, -0.1) is 0 Å². The van der Waals surface area contributed by atoms with Crippen molar-refractivity contribution in [2.24, 2.45) is 7.05 Å². The van der Waals surface area contributed by atoms with Gasteiger partial charge >= 0.3 is 12.1 Å². The number of nitrogens with one attached hydrogen (secondary N) is 1. The van der Waals surface area contributed by atoms with Crippen molar-refractivity contribution in [2.45, 2.75) is 44.8 Å². The first-order valence-electron chi connectivity index (χ1n) is 6.83. The SMILES string of the molecule is COC(=O)c1cc(C2CC2NC(=O)OC(C)(C)C)n(C)n1. The molecule has 1 amide bonds. The highest BCUT2D eigenvalue weighted by Gasteiger charge is 2.42. The Labute approximate surface area is 123 Å². The lowest BCUT2D eigenvalue weighted by Gasteiger charge is -2.19. The fraction of sp³-hybridized carbons (Fsp3) is 0.643. The molecular weight excluding hydrogens is 274 g/mol. The van der Waals surface area contributed by atoms with Crippen LogP contribution in [0.1, 0.15) is 49.3 Å². The molecule has 0 radical (unpaired) electrons. The van der Waals surface area contributed by atoms with Crippen molar-refractivity contribution in [1.82, 2.24) is 15.1 Å². The number of methoxy groups -OCH3 is 1. The maximum atomic E-state index is 11.7. The molecule has 2 unspecified atom stereocenters. The number of hydrogen-bond donors (Lipinski definition) is 1. The number of ether oxygens (including phenoxy) is 2. The van der Waals surface area contributed by atoms with E-state index in [9.17, 15) is 9.59 Å². The van der Waals surface area contributed by atoms with E-state index in [0.29, 0.717) is 0 Å². The number of hydrogen-bond acceptors (Lipinski definition) is 5. The van der Waals surface area contributed by atoms with Crippen LogP contribution in [0.4, 0.5) is 4.79 Å². The first-order valence-corrected chi connectivity index (χ1v) is 6.83. The maximum absolute atomic E-state index is 11.7. The molecule has 1 aromatic heterocycles. The summed E-state index contributed by atoms with van der Waals surface area (Å²) < 4.78 is 11.5. The van der Waals surface area contributed by atoms with Crippen LogP contribution >= 0.6 is 0 Å². The predicted molar refractivity (Wildman–Crippen MR) is 75.1 cm³/mol. The van der Waals surface area contributed by atoms with Gasteiger partial charge in [0.2, 0.25) is 0 Å². The standard InChI is InChI=1S/C14H21N3O4/c1-14(2,3)21-13(19)15-9-6-8(9)11-7-10(12(18)20-5)16-17(11)4/h7-9H,6H2,1-5H3,(H,15,19). The number of carbonyl (C=O) groups excluding carboxylic acids is 2. The topological polar surface area (TPSA) is 82.5 Å². The van der Waals surface area contributed by atoms with Crippen molar-refractivity contribution in [1.29, 1.82) is 0 Å². The molecule has 1 fully saturated rings. The van der Waals surface area contributed by atoms with Gasteiger partial charge in [-0.3, -0.25) is 4.68 Å². The van der Waals surface area contributed by atoms with Crippen LogP contribution in [0.25, 0.3) is 0 Å². The summed E-state index contributed by atoms with van der Waals surface area (Å²) in [6, 6.07) is 1.72. The summed E-state index contributed by atoms with van der Waals surface area (Å²) in [6.45, 7) is 5.46. The summed E-state index contributed by atoms with van der Waals surface area (Å²) in [7, 11) is 3.09. The molecule has 1 aromatic rings. The molecule has 7 heteroatoms. The van der Waals surface area contributed by atoms with Crippen LogP contribution in [-0.2, 0) is 16.5 Å². The normalized spacial score (nSPS) is 20.8. The van der Waals surface area contributed by atoms with Gasteiger partial charge in [0.25, 0.3) is 0 Å². The van der Waals surface area contributed by atoms with E-state index in [1.165, 1.54) is 7.11 Å². The van der Waals surface area contributed by atoms with Crippen molar-refractivity contribution >= 4 is 12.1 Å². The fourth-order valence-corrected chi connectivity index (χ4v) is 2.17. The Morgan fingerprint density at radius 3 is 2.67 bits per heavy atom. The maximum Gasteiger partial charge on any atom is 0.407 e. The lowest BCUT2D eigenvalue weighted by Crippen LogP contribution is -2.34.